The van der Waals surface area contributed by atoms with Gasteiger partial charge in [-0.1, -0.05) is 0 Å². The fourth-order valence-electron chi connectivity index (χ4n) is 1.71. The number of ketones is 1. The molecule has 1 aliphatic rings. The van der Waals surface area contributed by atoms with Crippen molar-refractivity contribution in [3.63, 3.8) is 0 Å². The van der Waals surface area contributed by atoms with Gasteiger partial charge < -0.3 is 10.3 Å². The average molecular weight is 205 g/mol. The van der Waals surface area contributed by atoms with Crippen LogP contribution in [0.15, 0.2) is 24.3 Å². The Morgan fingerprint density at radius 3 is 3.13 bits per heavy atom. The number of imidazole rings is 1. The summed E-state index contributed by atoms with van der Waals surface area (Å²) in [6.45, 7) is 0.849. The smallest absolute Gasteiger partial charge is 0.157 e. The lowest BCUT2D eigenvalue weighted by atomic mass is 10.0. The molecule has 0 radical (unpaired) electrons. The summed E-state index contributed by atoms with van der Waals surface area (Å²) in [5.74, 6) is 0.241. The van der Waals surface area contributed by atoms with Crippen molar-refractivity contribution in [2.75, 3.05) is 6.54 Å². The predicted molar refractivity (Wildman–Crippen MR) is 57.2 cm³/mol. The molecule has 15 heavy (non-hydrogen) atoms. The zero-order valence-electron chi connectivity index (χ0n) is 8.62. The average Bonchev–Trinajstić information content (AvgIpc) is 2.71. The van der Waals surface area contributed by atoms with Crippen LogP contribution in [0.25, 0.3) is 0 Å². The molecule has 1 aliphatic carbocycles. The van der Waals surface area contributed by atoms with Gasteiger partial charge in [-0.05, 0) is 12.8 Å². The Bertz CT molecular complexity index is 354. The van der Waals surface area contributed by atoms with Gasteiger partial charge in [0.05, 0.1) is 6.33 Å². The maximum atomic E-state index is 11.1. The van der Waals surface area contributed by atoms with Crippen LogP contribution in [0.5, 0.6) is 0 Å². The van der Waals surface area contributed by atoms with Gasteiger partial charge in [0.25, 0.3) is 0 Å². The summed E-state index contributed by atoms with van der Waals surface area (Å²) in [5, 5.41) is 3.28. The first-order valence-electron chi connectivity index (χ1n) is 5.29. The highest BCUT2D eigenvalue weighted by atomic mass is 16.1. The zero-order chi connectivity index (χ0) is 10.5. The van der Waals surface area contributed by atoms with E-state index in [0.29, 0.717) is 6.42 Å². The highest BCUT2D eigenvalue weighted by Gasteiger charge is 2.08. The van der Waals surface area contributed by atoms with Crippen LogP contribution in [0, 0.1) is 0 Å². The van der Waals surface area contributed by atoms with E-state index >= 15 is 0 Å². The third-order valence-electron chi connectivity index (χ3n) is 2.51. The Labute approximate surface area is 88.8 Å². The van der Waals surface area contributed by atoms with E-state index in [1.165, 1.54) is 0 Å². The van der Waals surface area contributed by atoms with Gasteiger partial charge in [0.2, 0.25) is 0 Å². The number of aromatic nitrogens is 2. The Balaban J connectivity index is 1.76. The van der Waals surface area contributed by atoms with Crippen LogP contribution in [-0.4, -0.2) is 22.3 Å². The molecule has 0 saturated carbocycles. The molecule has 0 atom stereocenters. The maximum absolute atomic E-state index is 11.1. The largest absolute Gasteiger partial charge is 0.388 e. The molecule has 0 aliphatic heterocycles. The molecule has 1 aromatic heterocycles. The normalized spacial score (nSPS) is 16.3. The molecule has 0 fully saturated rings. The fraction of sp³-hybridized carbons (Fsp3) is 0.455. The van der Waals surface area contributed by atoms with Crippen molar-refractivity contribution in [1.82, 2.24) is 15.3 Å². The maximum Gasteiger partial charge on any atom is 0.157 e. The summed E-state index contributed by atoms with van der Waals surface area (Å²) in [4.78, 5) is 18.1. The van der Waals surface area contributed by atoms with Crippen LogP contribution in [-0.2, 0) is 11.2 Å². The minimum Gasteiger partial charge on any atom is -0.388 e. The Hall–Kier alpha value is -1.58. The minimum absolute atomic E-state index is 0.241. The number of allylic oxidation sites excluding steroid dienone is 2. The Morgan fingerprint density at radius 2 is 2.40 bits per heavy atom. The van der Waals surface area contributed by atoms with E-state index in [9.17, 15) is 4.79 Å². The number of carbonyl (C=O) groups excluding carboxylic acids is 1. The lowest BCUT2D eigenvalue weighted by Crippen LogP contribution is -2.20. The highest BCUT2D eigenvalue weighted by Crippen LogP contribution is 2.12. The summed E-state index contributed by atoms with van der Waals surface area (Å²) >= 11 is 0. The third kappa shape index (κ3) is 2.94. The number of rotatable bonds is 4. The molecular weight excluding hydrogens is 190 g/mol. The van der Waals surface area contributed by atoms with Gasteiger partial charge in [0.15, 0.2) is 5.78 Å². The summed E-state index contributed by atoms with van der Waals surface area (Å²) in [6, 6.07) is 0. The van der Waals surface area contributed by atoms with Crippen LogP contribution < -0.4 is 5.32 Å². The number of nitrogens with zero attached hydrogens (tertiary/aromatic N) is 1. The first-order valence-corrected chi connectivity index (χ1v) is 5.29. The number of H-pyrrole nitrogens is 1. The fourth-order valence-corrected chi connectivity index (χ4v) is 1.71. The van der Waals surface area contributed by atoms with Gasteiger partial charge in [0.1, 0.15) is 0 Å². The van der Waals surface area contributed by atoms with E-state index < -0.39 is 0 Å². The standard InChI is InChI=1S/C11H15N3O/c15-11-3-1-2-9(6-11)13-5-4-10-7-12-8-14-10/h6-8,13H,1-5H2,(H,12,14). The Morgan fingerprint density at radius 1 is 1.47 bits per heavy atom. The number of nitrogens with one attached hydrogen (secondary N) is 2. The van der Waals surface area contributed by atoms with E-state index in [1.54, 1.807) is 12.4 Å². The van der Waals surface area contributed by atoms with Gasteiger partial charge in [-0.3, -0.25) is 4.79 Å². The van der Waals surface area contributed by atoms with E-state index in [1.807, 2.05) is 6.20 Å². The van der Waals surface area contributed by atoms with Crippen molar-refractivity contribution >= 4 is 5.78 Å². The van der Waals surface area contributed by atoms with Crippen LogP contribution in [0.1, 0.15) is 25.0 Å². The van der Waals surface area contributed by atoms with Gasteiger partial charge in [0, 0.05) is 43.1 Å². The zero-order valence-corrected chi connectivity index (χ0v) is 8.62. The van der Waals surface area contributed by atoms with Crippen molar-refractivity contribution in [1.29, 1.82) is 0 Å². The molecule has 2 N–H and O–H groups in total. The van der Waals surface area contributed by atoms with Crippen LogP contribution >= 0.6 is 0 Å². The molecule has 0 unspecified atom stereocenters. The van der Waals surface area contributed by atoms with Crippen LogP contribution in [0.4, 0.5) is 0 Å². The quantitative estimate of drug-likeness (QED) is 0.776. The number of hydrogen-bond acceptors (Lipinski definition) is 3. The van der Waals surface area contributed by atoms with Gasteiger partial charge in [-0.25, -0.2) is 4.98 Å². The summed E-state index contributed by atoms with van der Waals surface area (Å²) in [5.41, 5.74) is 2.19. The molecule has 2 rings (SSSR count). The second-order valence-electron chi connectivity index (χ2n) is 3.74. The minimum atomic E-state index is 0.241. The Kier molecular flexibility index (Phi) is 3.17. The van der Waals surface area contributed by atoms with E-state index in [-0.39, 0.29) is 5.78 Å². The van der Waals surface area contributed by atoms with Crippen LogP contribution in [0.2, 0.25) is 0 Å². The summed E-state index contributed by atoms with van der Waals surface area (Å²) < 4.78 is 0. The van der Waals surface area contributed by atoms with Crippen LogP contribution in [0.3, 0.4) is 0 Å². The van der Waals surface area contributed by atoms with Crippen molar-refractivity contribution in [3.05, 3.63) is 30.0 Å². The lowest BCUT2D eigenvalue weighted by Gasteiger charge is -2.13. The van der Waals surface area contributed by atoms with Gasteiger partial charge in [-0.2, -0.15) is 0 Å². The summed E-state index contributed by atoms with van der Waals surface area (Å²) in [7, 11) is 0. The van der Waals surface area contributed by atoms with Gasteiger partial charge in [-0.15, -0.1) is 0 Å². The molecule has 0 spiro atoms. The molecule has 0 amide bonds. The van der Waals surface area contributed by atoms with Crippen molar-refractivity contribution in [2.24, 2.45) is 0 Å². The first kappa shape index (κ1) is 9.96. The molecule has 1 aromatic rings. The number of aromatic amines is 1. The molecule has 4 nitrogen and oxygen atoms in total. The second-order valence-corrected chi connectivity index (χ2v) is 3.74. The summed E-state index contributed by atoms with van der Waals surface area (Å²) in [6.07, 6.45) is 8.81. The molecule has 0 saturated heterocycles. The van der Waals surface area contributed by atoms with E-state index in [2.05, 4.69) is 15.3 Å². The number of carbonyl (C=O) groups is 1. The van der Waals surface area contributed by atoms with E-state index in [4.69, 9.17) is 0 Å². The monoisotopic (exact) mass is 205 g/mol. The molecular formula is C11H15N3O. The molecule has 0 aromatic carbocycles. The molecule has 80 valence electrons. The first-order chi connectivity index (χ1) is 7.34. The second kappa shape index (κ2) is 4.77. The molecule has 1 heterocycles. The topological polar surface area (TPSA) is 57.8 Å². The van der Waals surface area contributed by atoms with Crippen molar-refractivity contribution < 1.29 is 4.79 Å². The van der Waals surface area contributed by atoms with Crippen molar-refractivity contribution in [2.45, 2.75) is 25.7 Å². The van der Waals surface area contributed by atoms with Gasteiger partial charge >= 0.3 is 0 Å². The molecule has 4 heteroatoms. The lowest BCUT2D eigenvalue weighted by molar-refractivity contribution is -0.115. The van der Waals surface area contributed by atoms with E-state index in [0.717, 1.165) is 37.2 Å². The SMILES string of the molecule is O=C1C=C(NCCc2cnc[nH]2)CCC1. The highest BCUT2D eigenvalue weighted by molar-refractivity contribution is 5.91. The van der Waals surface area contributed by atoms with Crippen molar-refractivity contribution in [3.8, 4) is 0 Å². The molecule has 0 bridgehead atoms. The predicted octanol–water partition coefficient (Wildman–Crippen LogP) is 1.18. The number of hydrogen-bond donors (Lipinski definition) is 2. The third-order valence-corrected chi connectivity index (χ3v) is 2.51.